The van der Waals surface area contributed by atoms with Crippen molar-refractivity contribution in [3.05, 3.63) is 72.1 Å². The molecule has 0 saturated carbocycles. The first-order chi connectivity index (χ1) is 22.0. The van der Waals surface area contributed by atoms with Gasteiger partial charge in [0.25, 0.3) is 0 Å². The third-order valence-corrected chi connectivity index (χ3v) is 15.1. The van der Waals surface area contributed by atoms with Gasteiger partial charge in [0.1, 0.15) is 21.9 Å². The van der Waals surface area contributed by atoms with E-state index in [0.717, 1.165) is 48.1 Å². The van der Waals surface area contributed by atoms with E-state index < -0.39 is 16.1 Å². The molecule has 0 atom stereocenters. The molecule has 0 amide bonds. The molecule has 0 spiro atoms. The average Bonchev–Trinajstić information content (AvgIpc) is 3.56. The molecule has 261 valence electrons. The molecule has 4 aromatic rings. The molecule has 0 bridgehead atoms. The Balaban J connectivity index is 0.000000334. The molecule has 1 N–H and O–H groups in total. The summed E-state index contributed by atoms with van der Waals surface area (Å²) in [6, 6.07) is 19.2. The molecule has 0 fully saturated rings. The fourth-order valence-electron chi connectivity index (χ4n) is 6.81. The summed E-state index contributed by atoms with van der Waals surface area (Å²) in [5, 5.41) is 16.2. The first kappa shape index (κ1) is 39.9. The Kier molecular flexibility index (Phi) is 12.9. The second-order valence-corrected chi connectivity index (χ2v) is 25.0. The van der Waals surface area contributed by atoms with E-state index in [-0.39, 0.29) is 48.9 Å². The number of aliphatic hydroxyl groups excluding tert-OH is 1. The van der Waals surface area contributed by atoms with Crippen molar-refractivity contribution in [3.63, 3.8) is 0 Å². The SMILES string of the molecule is CC(C)(C)c1cc(-c2nccc3c2[Si](C)(C)c2cc([Si](C)(C)C)oc2-3)[c-]c2ccccc12.CCC(CC)C(=O)/C=C(\O)C(CC)CC.[Ir]. The number of aromatic nitrogens is 1. The zero-order valence-corrected chi connectivity index (χ0v) is 35.6. The van der Waals surface area contributed by atoms with E-state index in [1.807, 2.05) is 33.9 Å². The van der Waals surface area contributed by atoms with Crippen molar-refractivity contribution in [3.8, 4) is 22.6 Å². The quantitative estimate of drug-likeness (QED) is 0.0789. The van der Waals surface area contributed by atoms with Crippen LogP contribution in [0.4, 0.5) is 0 Å². The number of allylic oxidation sites excluding steroid dienone is 2. The number of carbonyl (C=O) groups is 1. The summed E-state index contributed by atoms with van der Waals surface area (Å²) in [6.07, 6.45) is 6.85. The Labute approximate surface area is 305 Å². The molecule has 1 radical (unpaired) electrons. The van der Waals surface area contributed by atoms with Crippen LogP contribution in [0.5, 0.6) is 0 Å². The third kappa shape index (κ3) is 8.07. The summed E-state index contributed by atoms with van der Waals surface area (Å²) in [5.74, 6) is 1.64. The fourth-order valence-corrected chi connectivity index (χ4v) is 11.1. The minimum Gasteiger partial charge on any atom is -0.512 e. The molecule has 4 nitrogen and oxygen atoms in total. The minimum absolute atomic E-state index is 0. The number of aliphatic hydroxyl groups is 1. The molecule has 3 heterocycles. The number of carbonyl (C=O) groups excluding carboxylic acids is 1. The van der Waals surface area contributed by atoms with Gasteiger partial charge in [-0.2, -0.15) is 0 Å². The zero-order chi connectivity index (χ0) is 34.9. The molecule has 7 heteroatoms. The van der Waals surface area contributed by atoms with Gasteiger partial charge in [0, 0.05) is 55.5 Å². The van der Waals surface area contributed by atoms with Crippen LogP contribution in [0, 0.1) is 17.9 Å². The van der Waals surface area contributed by atoms with Crippen molar-refractivity contribution in [2.75, 3.05) is 0 Å². The number of nitrogens with zero attached hydrogens (tertiary/aromatic N) is 1. The van der Waals surface area contributed by atoms with Gasteiger partial charge in [-0.15, -0.1) is 29.1 Å². The smallest absolute Gasteiger partial charge is 0.162 e. The maximum Gasteiger partial charge on any atom is 0.162 e. The van der Waals surface area contributed by atoms with Crippen LogP contribution in [-0.2, 0) is 30.3 Å². The van der Waals surface area contributed by atoms with Crippen LogP contribution >= 0.6 is 0 Å². The van der Waals surface area contributed by atoms with Crippen molar-refractivity contribution >= 4 is 48.5 Å². The molecule has 0 saturated heterocycles. The number of furan rings is 1. The number of ketones is 1. The Bertz CT molecular complexity index is 1770. The molecule has 1 aliphatic heterocycles. The Morgan fingerprint density at radius 2 is 1.58 bits per heavy atom. The van der Waals surface area contributed by atoms with Crippen LogP contribution in [-0.4, -0.2) is 32.0 Å². The standard InChI is InChI=1S/C28H32NOSi2.C13H24O2.Ir/c1-28(2,3)22-16-19(15-18-11-9-10-12-20(18)22)25-27-21(13-14-29-25)26-23(32(27,7)8)17-24(30-26)31(4,5)6;1-5-10(6-2)12(14)9-13(15)11(7-3)8-4;/h9-14,16-17H,1-8H3;9-11,14H,5-8H2,1-4H3;/q-1;;/b;12-9-;. The van der Waals surface area contributed by atoms with Crippen molar-refractivity contribution in [1.29, 1.82) is 0 Å². The summed E-state index contributed by atoms with van der Waals surface area (Å²) >= 11 is 0. The van der Waals surface area contributed by atoms with Gasteiger partial charge in [0.15, 0.2) is 5.78 Å². The maximum absolute atomic E-state index is 11.7. The normalized spacial score (nSPS) is 14.0. The molecule has 1 aliphatic rings. The predicted molar refractivity (Wildman–Crippen MR) is 206 cm³/mol. The zero-order valence-electron chi connectivity index (χ0n) is 31.2. The molecule has 0 aliphatic carbocycles. The minimum atomic E-state index is -1.95. The van der Waals surface area contributed by atoms with E-state index in [1.54, 1.807) is 0 Å². The van der Waals surface area contributed by atoms with Gasteiger partial charge in [0.05, 0.1) is 11.1 Å². The molecular formula is C41H56IrNO3Si2-. The second-order valence-electron chi connectivity index (χ2n) is 15.7. The number of benzene rings is 2. The third-order valence-electron chi connectivity index (χ3n) is 9.89. The van der Waals surface area contributed by atoms with Crippen molar-refractivity contribution < 1.29 is 34.4 Å². The van der Waals surface area contributed by atoms with Crippen LogP contribution in [0.25, 0.3) is 33.4 Å². The van der Waals surface area contributed by atoms with Crippen molar-refractivity contribution in [1.82, 2.24) is 4.98 Å². The molecule has 0 unspecified atom stereocenters. The Hall–Kier alpha value is -2.58. The number of hydrogen-bond acceptors (Lipinski definition) is 4. The summed E-state index contributed by atoms with van der Waals surface area (Å²) in [6.45, 7) is 26.9. The first-order valence-electron chi connectivity index (χ1n) is 17.5. The van der Waals surface area contributed by atoms with Gasteiger partial charge in [-0.1, -0.05) is 116 Å². The largest absolute Gasteiger partial charge is 0.512 e. The fraction of sp³-hybridized carbons (Fsp3) is 0.463. The summed E-state index contributed by atoms with van der Waals surface area (Å²) < 4.78 is 6.55. The Morgan fingerprint density at radius 3 is 2.15 bits per heavy atom. The van der Waals surface area contributed by atoms with Gasteiger partial charge in [0.2, 0.25) is 0 Å². The molecule has 5 rings (SSSR count). The van der Waals surface area contributed by atoms with Gasteiger partial charge < -0.3 is 9.52 Å². The van der Waals surface area contributed by atoms with Crippen LogP contribution in [0.15, 0.2) is 64.9 Å². The van der Waals surface area contributed by atoms with Gasteiger partial charge >= 0.3 is 0 Å². The summed E-state index contributed by atoms with van der Waals surface area (Å²) in [5.41, 5.74) is 4.80. The van der Waals surface area contributed by atoms with Gasteiger partial charge in [-0.05, 0) is 48.4 Å². The monoisotopic (exact) mass is 859 g/mol. The maximum atomic E-state index is 11.7. The molecule has 48 heavy (non-hydrogen) atoms. The van der Waals surface area contributed by atoms with Crippen molar-refractivity contribution in [2.24, 2.45) is 11.8 Å². The molecular weight excluding hydrogens is 803 g/mol. The van der Waals surface area contributed by atoms with E-state index in [4.69, 9.17) is 9.40 Å². The van der Waals surface area contributed by atoms with Crippen LogP contribution in [0.1, 0.15) is 79.7 Å². The van der Waals surface area contributed by atoms with Crippen LogP contribution in [0.2, 0.25) is 32.7 Å². The van der Waals surface area contributed by atoms with Crippen molar-refractivity contribution in [2.45, 2.75) is 112 Å². The number of fused-ring (bicyclic) bond motifs is 4. The van der Waals surface area contributed by atoms with Crippen LogP contribution in [0.3, 0.4) is 0 Å². The summed E-state index contributed by atoms with van der Waals surface area (Å²) in [4.78, 5) is 16.7. The van der Waals surface area contributed by atoms with Crippen LogP contribution < -0.4 is 15.8 Å². The van der Waals surface area contributed by atoms with E-state index in [1.165, 1.54) is 38.3 Å². The van der Waals surface area contributed by atoms with Gasteiger partial charge in [-0.25, -0.2) is 0 Å². The molecule has 2 aromatic carbocycles. The van der Waals surface area contributed by atoms with E-state index in [9.17, 15) is 9.90 Å². The predicted octanol–water partition coefficient (Wildman–Crippen LogP) is 9.81. The van der Waals surface area contributed by atoms with E-state index >= 15 is 0 Å². The second kappa shape index (κ2) is 15.5. The molecule has 2 aromatic heterocycles. The first-order valence-corrected chi connectivity index (χ1v) is 24.0. The summed E-state index contributed by atoms with van der Waals surface area (Å²) in [7, 11) is -3.46. The average molecular weight is 859 g/mol. The number of pyridine rings is 1. The number of rotatable bonds is 9. The van der Waals surface area contributed by atoms with E-state index in [0.29, 0.717) is 0 Å². The Morgan fingerprint density at radius 1 is 0.979 bits per heavy atom. The topological polar surface area (TPSA) is 63.3 Å². The van der Waals surface area contributed by atoms with E-state index in [2.05, 4.69) is 102 Å². The van der Waals surface area contributed by atoms with Gasteiger partial charge in [-0.3, -0.25) is 9.78 Å². The number of hydrogen-bond donors (Lipinski definition) is 1.